The Labute approximate surface area is 109 Å². The maximum atomic E-state index is 11.3. The van der Waals surface area contributed by atoms with Gasteiger partial charge in [0.25, 0.3) is 0 Å². The summed E-state index contributed by atoms with van der Waals surface area (Å²) in [6, 6.07) is -0.144. The van der Waals surface area contributed by atoms with Crippen molar-refractivity contribution in [1.82, 2.24) is 0 Å². The lowest BCUT2D eigenvalue weighted by Crippen LogP contribution is -2.36. The molecule has 0 N–H and O–H groups in total. The van der Waals surface area contributed by atoms with E-state index in [1.165, 1.54) is 6.42 Å². The second-order valence-electron chi connectivity index (χ2n) is 5.15. The molecule has 0 aromatic heterocycles. The highest BCUT2D eigenvalue weighted by atomic mass is 35.5. The number of hydrogen-bond donors (Lipinski definition) is 0. The molecule has 0 radical (unpaired) electrons. The molecule has 3 nitrogen and oxygen atoms in total. The molecule has 100 valence electrons. The molecule has 1 rings (SSSR count). The van der Waals surface area contributed by atoms with Crippen LogP contribution in [-0.2, 0) is 9.47 Å². The van der Waals surface area contributed by atoms with Crippen LogP contribution < -0.4 is 0 Å². The maximum absolute atomic E-state index is 11.3. The minimum absolute atomic E-state index is 0.00980. The molecule has 17 heavy (non-hydrogen) atoms. The summed E-state index contributed by atoms with van der Waals surface area (Å²) >= 11 is 5.35. The quantitative estimate of drug-likeness (QED) is 0.563. The van der Waals surface area contributed by atoms with Gasteiger partial charge in [0.2, 0.25) is 0 Å². The first-order chi connectivity index (χ1) is 8.08. The number of rotatable bonds is 4. The SMILES string of the molecule is CCC1CC[C@@H](C(C)C)C(OC(=O)OCCl)C1. The van der Waals surface area contributed by atoms with Crippen molar-refractivity contribution in [3.05, 3.63) is 0 Å². The Hall–Kier alpha value is -0.440. The average Bonchev–Trinajstić information content (AvgIpc) is 2.28. The second kappa shape index (κ2) is 7.10. The van der Waals surface area contributed by atoms with Gasteiger partial charge in [0.15, 0.2) is 6.07 Å². The van der Waals surface area contributed by atoms with Gasteiger partial charge in [-0.05, 0) is 37.0 Å². The van der Waals surface area contributed by atoms with Crippen LogP contribution in [0.1, 0.15) is 46.5 Å². The molecule has 0 spiro atoms. The first-order valence-electron chi connectivity index (χ1n) is 6.47. The van der Waals surface area contributed by atoms with E-state index in [4.69, 9.17) is 16.3 Å². The minimum Gasteiger partial charge on any atom is -0.431 e. The van der Waals surface area contributed by atoms with E-state index in [9.17, 15) is 4.79 Å². The molecule has 2 unspecified atom stereocenters. The van der Waals surface area contributed by atoms with Gasteiger partial charge in [-0.25, -0.2) is 4.79 Å². The smallest absolute Gasteiger partial charge is 0.431 e. The molecular weight excluding hydrogens is 240 g/mol. The Morgan fingerprint density at radius 2 is 2.12 bits per heavy atom. The van der Waals surface area contributed by atoms with E-state index in [1.807, 2.05) is 0 Å². The van der Waals surface area contributed by atoms with Gasteiger partial charge < -0.3 is 9.47 Å². The van der Waals surface area contributed by atoms with Crippen molar-refractivity contribution >= 4 is 17.8 Å². The molecule has 0 heterocycles. The molecule has 4 heteroatoms. The number of ether oxygens (including phenoxy) is 2. The Balaban J connectivity index is 2.57. The van der Waals surface area contributed by atoms with Gasteiger partial charge in [-0.1, -0.05) is 38.8 Å². The van der Waals surface area contributed by atoms with Gasteiger partial charge in [-0.2, -0.15) is 0 Å². The van der Waals surface area contributed by atoms with Crippen LogP contribution in [0.25, 0.3) is 0 Å². The van der Waals surface area contributed by atoms with Crippen LogP contribution in [0.15, 0.2) is 0 Å². The van der Waals surface area contributed by atoms with E-state index in [0.29, 0.717) is 17.8 Å². The van der Waals surface area contributed by atoms with E-state index >= 15 is 0 Å². The monoisotopic (exact) mass is 262 g/mol. The summed E-state index contributed by atoms with van der Waals surface area (Å²) in [4.78, 5) is 11.3. The Bertz CT molecular complexity index is 243. The highest BCUT2D eigenvalue weighted by Gasteiger charge is 2.34. The van der Waals surface area contributed by atoms with Gasteiger partial charge in [0.05, 0.1) is 0 Å². The van der Waals surface area contributed by atoms with Gasteiger partial charge >= 0.3 is 6.16 Å². The summed E-state index contributed by atoms with van der Waals surface area (Å²) in [6.45, 7) is 6.55. The fraction of sp³-hybridized carbons (Fsp3) is 0.923. The Morgan fingerprint density at radius 1 is 1.41 bits per heavy atom. The van der Waals surface area contributed by atoms with Crippen molar-refractivity contribution in [2.75, 3.05) is 6.07 Å². The number of carbonyl (C=O) groups is 1. The fourth-order valence-electron chi connectivity index (χ4n) is 2.71. The molecular formula is C13H23ClO3. The lowest BCUT2D eigenvalue weighted by molar-refractivity contribution is -0.0292. The normalized spacial score (nSPS) is 29.1. The molecule has 0 aromatic carbocycles. The van der Waals surface area contributed by atoms with Gasteiger partial charge in [0, 0.05) is 0 Å². The van der Waals surface area contributed by atoms with Crippen LogP contribution in [0.2, 0.25) is 0 Å². The molecule has 3 atom stereocenters. The highest BCUT2D eigenvalue weighted by molar-refractivity contribution is 6.17. The molecule has 1 saturated carbocycles. The summed E-state index contributed by atoms with van der Waals surface area (Å²) < 4.78 is 10.0. The van der Waals surface area contributed by atoms with Gasteiger partial charge in [0.1, 0.15) is 6.10 Å². The zero-order valence-corrected chi connectivity index (χ0v) is 11.7. The van der Waals surface area contributed by atoms with Crippen molar-refractivity contribution in [1.29, 1.82) is 0 Å². The van der Waals surface area contributed by atoms with E-state index < -0.39 is 6.16 Å². The van der Waals surface area contributed by atoms with Gasteiger partial charge in [-0.15, -0.1) is 0 Å². The molecule has 0 aromatic rings. The maximum Gasteiger partial charge on any atom is 0.509 e. The molecule has 1 fully saturated rings. The van der Waals surface area contributed by atoms with E-state index in [2.05, 4.69) is 25.5 Å². The molecule has 1 aliphatic carbocycles. The molecule has 0 amide bonds. The highest BCUT2D eigenvalue weighted by Crippen LogP contribution is 2.36. The van der Waals surface area contributed by atoms with Crippen molar-refractivity contribution < 1.29 is 14.3 Å². The lowest BCUT2D eigenvalue weighted by Gasteiger charge is -2.37. The summed E-state index contributed by atoms with van der Waals surface area (Å²) in [5, 5.41) is 0. The summed E-state index contributed by atoms with van der Waals surface area (Å²) in [7, 11) is 0. The standard InChI is InChI=1S/C13H23ClO3/c1-4-10-5-6-11(9(2)3)12(7-10)17-13(15)16-8-14/h9-12H,4-8H2,1-3H3/t10?,11-,12?/m0/s1. The topological polar surface area (TPSA) is 35.5 Å². The van der Waals surface area contributed by atoms with E-state index in [1.54, 1.807) is 0 Å². The number of halogens is 1. The number of alkyl halides is 1. The van der Waals surface area contributed by atoms with Crippen molar-refractivity contribution in [3.63, 3.8) is 0 Å². The Morgan fingerprint density at radius 3 is 2.65 bits per heavy atom. The van der Waals surface area contributed by atoms with Crippen LogP contribution in [-0.4, -0.2) is 18.3 Å². The van der Waals surface area contributed by atoms with Gasteiger partial charge in [-0.3, -0.25) is 0 Å². The average molecular weight is 263 g/mol. The third kappa shape index (κ3) is 4.38. The van der Waals surface area contributed by atoms with Crippen LogP contribution in [0, 0.1) is 17.8 Å². The van der Waals surface area contributed by atoms with Crippen LogP contribution in [0.4, 0.5) is 4.79 Å². The molecule has 0 bridgehead atoms. The van der Waals surface area contributed by atoms with Crippen molar-refractivity contribution in [2.24, 2.45) is 17.8 Å². The predicted molar refractivity (Wildman–Crippen MR) is 68.0 cm³/mol. The zero-order chi connectivity index (χ0) is 12.8. The molecule has 0 saturated heterocycles. The van der Waals surface area contributed by atoms with Crippen LogP contribution in [0.5, 0.6) is 0 Å². The first-order valence-corrected chi connectivity index (χ1v) is 7.01. The second-order valence-corrected chi connectivity index (χ2v) is 5.37. The van der Waals surface area contributed by atoms with E-state index in [-0.39, 0.29) is 12.2 Å². The van der Waals surface area contributed by atoms with Crippen LogP contribution in [0.3, 0.4) is 0 Å². The summed E-state index contributed by atoms with van der Waals surface area (Å²) in [5.74, 6) is 1.64. The lowest BCUT2D eigenvalue weighted by atomic mass is 9.74. The zero-order valence-electron chi connectivity index (χ0n) is 10.9. The predicted octanol–water partition coefficient (Wildman–Crippen LogP) is 4.19. The molecule has 0 aliphatic heterocycles. The van der Waals surface area contributed by atoms with Crippen molar-refractivity contribution in [3.8, 4) is 0 Å². The number of carbonyl (C=O) groups excluding carboxylic acids is 1. The third-order valence-electron chi connectivity index (χ3n) is 3.81. The largest absolute Gasteiger partial charge is 0.509 e. The summed E-state index contributed by atoms with van der Waals surface area (Å²) in [5.41, 5.74) is 0. The minimum atomic E-state index is -0.632. The van der Waals surface area contributed by atoms with Crippen molar-refractivity contribution in [2.45, 2.75) is 52.6 Å². The van der Waals surface area contributed by atoms with E-state index in [0.717, 1.165) is 19.3 Å². The summed E-state index contributed by atoms with van der Waals surface area (Å²) in [6.07, 6.45) is 3.84. The fourth-order valence-corrected chi connectivity index (χ4v) is 2.80. The van der Waals surface area contributed by atoms with Crippen LogP contribution >= 0.6 is 11.6 Å². The number of hydrogen-bond acceptors (Lipinski definition) is 3. The Kier molecular flexibility index (Phi) is 6.10. The molecule has 1 aliphatic rings. The first kappa shape index (κ1) is 14.6. The third-order valence-corrected chi connectivity index (χ3v) is 3.91.